The van der Waals surface area contributed by atoms with Crippen LogP contribution in [0.4, 0.5) is 4.79 Å². The normalized spacial score (nSPS) is 12.6. The molecule has 0 aliphatic heterocycles. The lowest BCUT2D eigenvalue weighted by Crippen LogP contribution is -2.48. The first kappa shape index (κ1) is 25.0. The Morgan fingerprint density at radius 2 is 1.69 bits per heavy atom. The van der Waals surface area contributed by atoms with E-state index in [1.54, 1.807) is 0 Å². The second kappa shape index (κ2) is 13.2. The molecule has 0 saturated carbocycles. The average molecular weight is 443 g/mol. The maximum atomic E-state index is 12.6. The molecule has 0 bridgehead atoms. The summed E-state index contributed by atoms with van der Waals surface area (Å²) in [6.07, 6.45) is 4.27. The summed E-state index contributed by atoms with van der Waals surface area (Å²) in [5, 5.41) is 8.38. The number of amides is 3. The van der Waals surface area contributed by atoms with Crippen molar-refractivity contribution in [3.8, 4) is 0 Å². The highest BCUT2D eigenvalue weighted by Crippen LogP contribution is 2.10. The third-order valence-corrected chi connectivity index (χ3v) is 4.88. The number of nitrogens with zero attached hydrogens (tertiary/aromatic N) is 1. The second-order valence-electron chi connectivity index (χ2n) is 8.16. The van der Waals surface area contributed by atoms with Gasteiger partial charge < -0.3 is 25.3 Å². The second-order valence-corrected chi connectivity index (χ2v) is 8.16. The number of alkyl carbamates (subject to hydrolysis) is 1. The van der Waals surface area contributed by atoms with Crippen LogP contribution in [-0.4, -0.2) is 34.6 Å². The van der Waals surface area contributed by atoms with Gasteiger partial charge in [0.15, 0.2) is 0 Å². The summed E-state index contributed by atoms with van der Waals surface area (Å²) < 4.78 is 7.11. The van der Waals surface area contributed by atoms with Gasteiger partial charge in [-0.1, -0.05) is 51.1 Å². The molecule has 0 radical (unpaired) electrons. The van der Waals surface area contributed by atoms with Crippen LogP contribution in [0.5, 0.6) is 0 Å². The number of carbonyl (C=O) groups excluding carboxylic acids is 3. The van der Waals surface area contributed by atoms with Gasteiger partial charge >= 0.3 is 6.09 Å². The summed E-state index contributed by atoms with van der Waals surface area (Å²) in [6, 6.07) is 12.1. The van der Waals surface area contributed by atoms with Gasteiger partial charge in [-0.3, -0.25) is 9.59 Å². The van der Waals surface area contributed by atoms with Gasteiger partial charge in [-0.15, -0.1) is 0 Å². The molecule has 0 saturated heterocycles. The van der Waals surface area contributed by atoms with E-state index in [1.165, 1.54) is 0 Å². The molecular formula is C24H34N4O4. The lowest BCUT2D eigenvalue weighted by Gasteiger charge is -2.22. The Labute approximate surface area is 189 Å². The molecular weight excluding hydrogens is 408 g/mol. The molecule has 174 valence electrons. The van der Waals surface area contributed by atoms with Gasteiger partial charge in [0.25, 0.3) is 0 Å². The van der Waals surface area contributed by atoms with E-state index in [9.17, 15) is 14.4 Å². The quantitative estimate of drug-likeness (QED) is 0.470. The lowest BCUT2D eigenvalue weighted by molar-refractivity contribution is -0.129. The average Bonchev–Trinajstić information content (AvgIpc) is 3.28. The van der Waals surface area contributed by atoms with Crippen molar-refractivity contribution in [2.45, 2.75) is 65.4 Å². The van der Waals surface area contributed by atoms with E-state index in [4.69, 9.17) is 4.74 Å². The summed E-state index contributed by atoms with van der Waals surface area (Å²) in [6.45, 7) is 6.37. The van der Waals surface area contributed by atoms with Crippen molar-refractivity contribution in [3.63, 3.8) is 0 Å². The summed E-state index contributed by atoms with van der Waals surface area (Å²) in [7, 11) is 0. The Balaban J connectivity index is 1.83. The molecule has 1 heterocycles. The van der Waals surface area contributed by atoms with E-state index in [1.807, 2.05) is 80.2 Å². The van der Waals surface area contributed by atoms with Gasteiger partial charge in [0, 0.05) is 24.9 Å². The van der Waals surface area contributed by atoms with Crippen molar-refractivity contribution in [3.05, 3.63) is 60.4 Å². The molecule has 3 amide bonds. The van der Waals surface area contributed by atoms with Crippen LogP contribution in [0.15, 0.2) is 54.9 Å². The molecule has 0 spiro atoms. The zero-order valence-electron chi connectivity index (χ0n) is 19.0. The first-order valence-corrected chi connectivity index (χ1v) is 11.0. The van der Waals surface area contributed by atoms with Crippen molar-refractivity contribution in [1.29, 1.82) is 0 Å². The number of carbonyl (C=O) groups is 3. The van der Waals surface area contributed by atoms with Crippen LogP contribution in [0, 0.1) is 5.92 Å². The minimum Gasteiger partial charge on any atom is -0.445 e. The van der Waals surface area contributed by atoms with Gasteiger partial charge in [0.2, 0.25) is 11.8 Å². The van der Waals surface area contributed by atoms with Crippen LogP contribution in [0.1, 0.15) is 45.6 Å². The number of benzene rings is 1. The first-order chi connectivity index (χ1) is 15.4. The Bertz CT molecular complexity index is 837. The summed E-state index contributed by atoms with van der Waals surface area (Å²) in [5.41, 5.74) is 0.887. The zero-order valence-corrected chi connectivity index (χ0v) is 19.0. The molecule has 0 aliphatic rings. The molecule has 1 aromatic heterocycles. The van der Waals surface area contributed by atoms with Crippen molar-refractivity contribution in [2.75, 3.05) is 0 Å². The van der Waals surface area contributed by atoms with Crippen molar-refractivity contribution >= 4 is 17.9 Å². The molecule has 0 aliphatic carbocycles. The maximum Gasteiger partial charge on any atom is 0.407 e. The van der Waals surface area contributed by atoms with E-state index in [0.29, 0.717) is 19.5 Å². The Hall–Kier alpha value is -3.29. The van der Waals surface area contributed by atoms with Crippen LogP contribution in [0.2, 0.25) is 0 Å². The maximum absolute atomic E-state index is 12.6. The highest BCUT2D eigenvalue weighted by molar-refractivity contribution is 5.87. The Morgan fingerprint density at radius 3 is 2.31 bits per heavy atom. The monoisotopic (exact) mass is 442 g/mol. The number of nitrogens with one attached hydrogen (secondary N) is 3. The fraction of sp³-hybridized carbons (Fsp3) is 0.458. The van der Waals surface area contributed by atoms with E-state index >= 15 is 0 Å². The van der Waals surface area contributed by atoms with Crippen LogP contribution < -0.4 is 16.0 Å². The molecule has 1 aromatic carbocycles. The number of hydrogen-bond acceptors (Lipinski definition) is 4. The van der Waals surface area contributed by atoms with Crippen LogP contribution in [-0.2, 0) is 27.6 Å². The van der Waals surface area contributed by atoms with Crippen molar-refractivity contribution in [1.82, 2.24) is 20.5 Å². The van der Waals surface area contributed by atoms with Crippen molar-refractivity contribution in [2.24, 2.45) is 5.92 Å². The van der Waals surface area contributed by atoms with Crippen LogP contribution >= 0.6 is 0 Å². The fourth-order valence-corrected chi connectivity index (χ4v) is 3.29. The van der Waals surface area contributed by atoms with E-state index in [-0.39, 0.29) is 30.8 Å². The minimum atomic E-state index is -0.636. The highest BCUT2D eigenvalue weighted by Gasteiger charge is 2.23. The smallest absolute Gasteiger partial charge is 0.407 e. The van der Waals surface area contributed by atoms with E-state index < -0.39 is 18.2 Å². The summed E-state index contributed by atoms with van der Waals surface area (Å²) in [5.74, 6) is -0.263. The van der Waals surface area contributed by atoms with E-state index in [0.717, 1.165) is 5.56 Å². The molecule has 2 atom stereocenters. The predicted octanol–water partition coefficient (Wildman–Crippen LogP) is 3.19. The topological polar surface area (TPSA) is 101 Å². The predicted molar refractivity (Wildman–Crippen MR) is 122 cm³/mol. The van der Waals surface area contributed by atoms with Crippen molar-refractivity contribution < 1.29 is 19.1 Å². The molecule has 2 rings (SSSR count). The summed E-state index contributed by atoms with van der Waals surface area (Å²) in [4.78, 5) is 37.3. The van der Waals surface area contributed by atoms with Gasteiger partial charge in [0.1, 0.15) is 12.6 Å². The molecule has 0 fully saturated rings. The molecule has 8 nitrogen and oxygen atoms in total. The fourth-order valence-electron chi connectivity index (χ4n) is 3.29. The summed E-state index contributed by atoms with van der Waals surface area (Å²) >= 11 is 0. The standard InChI is InChI=1S/C24H34N4O4/c1-4-21(23(30)25-17-28-12-8-9-13-28)27-22(29)15-20(14-18(2)3)26-24(31)32-16-19-10-6-5-7-11-19/h5-13,18,20-21H,4,14-17H2,1-3H3,(H,25,30)(H,26,31)(H,27,29). The zero-order chi connectivity index (χ0) is 23.3. The third kappa shape index (κ3) is 9.24. The Kier molecular flexibility index (Phi) is 10.3. The molecule has 3 N–H and O–H groups in total. The third-order valence-electron chi connectivity index (χ3n) is 4.88. The lowest BCUT2D eigenvalue weighted by atomic mass is 10.0. The number of aromatic nitrogens is 1. The molecule has 8 heteroatoms. The molecule has 2 unspecified atom stereocenters. The number of hydrogen-bond donors (Lipinski definition) is 3. The van der Waals surface area contributed by atoms with Gasteiger partial charge in [-0.05, 0) is 36.5 Å². The molecule has 2 aromatic rings. The SMILES string of the molecule is CCC(NC(=O)CC(CC(C)C)NC(=O)OCc1ccccc1)C(=O)NCn1cccc1. The first-order valence-electron chi connectivity index (χ1n) is 11.0. The number of rotatable bonds is 12. The number of ether oxygens (including phenoxy) is 1. The Morgan fingerprint density at radius 1 is 1.00 bits per heavy atom. The van der Waals surface area contributed by atoms with Crippen LogP contribution in [0.3, 0.4) is 0 Å². The van der Waals surface area contributed by atoms with Gasteiger partial charge in [0.05, 0.1) is 6.67 Å². The van der Waals surface area contributed by atoms with Gasteiger partial charge in [-0.2, -0.15) is 0 Å². The largest absolute Gasteiger partial charge is 0.445 e. The molecule has 32 heavy (non-hydrogen) atoms. The minimum absolute atomic E-state index is 0.0694. The van der Waals surface area contributed by atoms with Gasteiger partial charge in [-0.25, -0.2) is 4.79 Å². The van der Waals surface area contributed by atoms with E-state index in [2.05, 4.69) is 16.0 Å². The highest BCUT2D eigenvalue weighted by atomic mass is 16.5. The van der Waals surface area contributed by atoms with Crippen LogP contribution in [0.25, 0.3) is 0 Å².